The van der Waals surface area contributed by atoms with E-state index in [0.29, 0.717) is 0 Å². The van der Waals surface area contributed by atoms with E-state index >= 15 is 0 Å². The van der Waals surface area contributed by atoms with Crippen molar-refractivity contribution in [3.05, 3.63) is 11.6 Å². The molecule has 0 radical (unpaired) electrons. The van der Waals surface area contributed by atoms with Crippen LogP contribution in [0, 0.1) is 5.92 Å². The van der Waals surface area contributed by atoms with Crippen molar-refractivity contribution in [2.45, 2.75) is 46.0 Å². The highest BCUT2D eigenvalue weighted by Crippen LogP contribution is 2.14. The lowest BCUT2D eigenvalue weighted by Crippen LogP contribution is -2.22. The van der Waals surface area contributed by atoms with Crippen molar-refractivity contribution in [2.75, 3.05) is 26.3 Å². The van der Waals surface area contributed by atoms with Gasteiger partial charge in [0.15, 0.2) is 0 Å². The van der Waals surface area contributed by atoms with Crippen molar-refractivity contribution in [3.63, 3.8) is 0 Å². The van der Waals surface area contributed by atoms with E-state index < -0.39 is 0 Å². The third-order valence-corrected chi connectivity index (χ3v) is 3.34. The van der Waals surface area contributed by atoms with Crippen LogP contribution in [0.25, 0.3) is 0 Å². The average Bonchev–Trinajstić information content (AvgIpc) is 2.35. The van der Waals surface area contributed by atoms with Gasteiger partial charge in [-0.3, -0.25) is 0 Å². The first kappa shape index (κ1) is 13.7. The molecule has 1 aliphatic rings. The quantitative estimate of drug-likeness (QED) is 0.641. The third kappa shape index (κ3) is 5.66. The van der Waals surface area contributed by atoms with Gasteiger partial charge in [0, 0.05) is 13.2 Å². The lowest BCUT2D eigenvalue weighted by atomic mass is 10.0. The second-order valence-electron chi connectivity index (χ2n) is 4.75. The monoisotopic (exact) mass is 225 g/mol. The van der Waals surface area contributed by atoms with Gasteiger partial charge in [-0.15, -0.1) is 0 Å². The highest BCUT2D eigenvalue weighted by molar-refractivity contribution is 5.06. The summed E-state index contributed by atoms with van der Waals surface area (Å²) >= 11 is 0. The molecule has 0 saturated heterocycles. The molecule has 2 nitrogen and oxygen atoms in total. The van der Waals surface area contributed by atoms with E-state index in [4.69, 9.17) is 4.74 Å². The Morgan fingerprint density at radius 3 is 2.94 bits per heavy atom. The molecule has 16 heavy (non-hydrogen) atoms. The number of hydrogen-bond acceptors (Lipinski definition) is 2. The van der Waals surface area contributed by atoms with Crippen LogP contribution in [0.5, 0.6) is 0 Å². The largest absolute Gasteiger partial charge is 0.377 e. The lowest BCUT2D eigenvalue weighted by Gasteiger charge is -2.17. The molecular weight excluding hydrogens is 198 g/mol. The molecule has 0 aliphatic carbocycles. The molecule has 0 aromatic rings. The molecule has 1 heterocycles. The van der Waals surface area contributed by atoms with E-state index in [1.54, 1.807) is 0 Å². The molecule has 0 saturated carbocycles. The van der Waals surface area contributed by atoms with Crippen molar-refractivity contribution in [1.29, 1.82) is 0 Å². The van der Waals surface area contributed by atoms with Gasteiger partial charge in [-0.2, -0.15) is 0 Å². The first-order valence-corrected chi connectivity index (χ1v) is 6.83. The average molecular weight is 225 g/mol. The Kier molecular flexibility index (Phi) is 7.52. The number of hydrogen-bond donors (Lipinski definition) is 1. The van der Waals surface area contributed by atoms with E-state index in [-0.39, 0.29) is 0 Å². The Balaban J connectivity index is 2.09. The minimum Gasteiger partial charge on any atom is -0.377 e. The molecule has 0 aromatic carbocycles. The van der Waals surface area contributed by atoms with Gasteiger partial charge < -0.3 is 10.1 Å². The second kappa shape index (κ2) is 8.77. The maximum atomic E-state index is 5.83. The van der Waals surface area contributed by atoms with Crippen LogP contribution >= 0.6 is 0 Å². The molecule has 94 valence electrons. The Labute approximate surface area is 100 Å². The number of ether oxygens (including phenoxy) is 1. The zero-order valence-electron chi connectivity index (χ0n) is 10.9. The highest BCUT2D eigenvalue weighted by Gasteiger charge is 2.07. The Bertz CT molecular complexity index is 201. The fourth-order valence-electron chi connectivity index (χ4n) is 2.06. The van der Waals surface area contributed by atoms with Gasteiger partial charge >= 0.3 is 0 Å². The van der Waals surface area contributed by atoms with Crippen LogP contribution in [0.1, 0.15) is 46.0 Å². The zero-order chi connectivity index (χ0) is 11.6. The molecule has 1 unspecified atom stereocenters. The summed E-state index contributed by atoms with van der Waals surface area (Å²) in [6.07, 6.45) is 8.65. The van der Waals surface area contributed by atoms with Gasteiger partial charge in [0.05, 0.1) is 6.61 Å². The Morgan fingerprint density at radius 1 is 1.44 bits per heavy atom. The summed E-state index contributed by atoms with van der Waals surface area (Å²) in [5, 5.41) is 3.32. The normalized spacial score (nSPS) is 18.2. The predicted octanol–water partition coefficient (Wildman–Crippen LogP) is 3.14. The minimum absolute atomic E-state index is 0.766. The van der Waals surface area contributed by atoms with Crippen LogP contribution in [0.4, 0.5) is 0 Å². The smallest absolute Gasteiger partial charge is 0.0677 e. The summed E-state index contributed by atoms with van der Waals surface area (Å²) < 4.78 is 5.83. The fraction of sp³-hybridized carbons (Fsp3) is 0.857. The maximum absolute atomic E-state index is 5.83. The summed E-state index contributed by atoms with van der Waals surface area (Å²) in [4.78, 5) is 0. The first-order chi connectivity index (χ1) is 7.86. The summed E-state index contributed by atoms with van der Waals surface area (Å²) in [5.41, 5.74) is 1.48. The first-order valence-electron chi connectivity index (χ1n) is 6.83. The van der Waals surface area contributed by atoms with Crippen LogP contribution in [0.2, 0.25) is 0 Å². The summed E-state index contributed by atoms with van der Waals surface area (Å²) in [6.45, 7) is 8.46. The molecule has 1 N–H and O–H groups in total. The molecule has 0 amide bonds. The topological polar surface area (TPSA) is 21.3 Å². The number of rotatable bonds is 8. The van der Waals surface area contributed by atoms with E-state index in [1.807, 2.05) is 0 Å². The molecule has 0 fully saturated rings. The van der Waals surface area contributed by atoms with Crippen molar-refractivity contribution in [1.82, 2.24) is 5.32 Å². The molecule has 1 rings (SSSR count). The molecule has 0 bridgehead atoms. The molecular formula is C14H27NO. The number of nitrogens with one attached hydrogen (secondary N) is 1. The Morgan fingerprint density at radius 2 is 2.31 bits per heavy atom. The molecule has 1 aliphatic heterocycles. The molecule has 2 heteroatoms. The molecule has 1 atom stereocenters. The fourth-order valence-corrected chi connectivity index (χ4v) is 2.06. The van der Waals surface area contributed by atoms with Gasteiger partial charge in [-0.25, -0.2) is 0 Å². The SMILES string of the molecule is CCCCC(CC)COCC1=CCNCC1. The van der Waals surface area contributed by atoms with Crippen molar-refractivity contribution < 1.29 is 4.74 Å². The lowest BCUT2D eigenvalue weighted by molar-refractivity contribution is 0.109. The standard InChI is InChI=1S/C14H27NO/c1-3-5-6-13(4-2)11-16-12-14-7-9-15-10-8-14/h7,13,15H,3-6,8-12H2,1-2H3. The van der Waals surface area contributed by atoms with E-state index in [0.717, 1.165) is 38.6 Å². The summed E-state index contributed by atoms with van der Waals surface area (Å²) in [5.74, 6) is 0.766. The van der Waals surface area contributed by atoms with Gasteiger partial charge in [-0.05, 0) is 30.9 Å². The molecule has 0 aromatic heterocycles. The van der Waals surface area contributed by atoms with Crippen LogP contribution in [0.3, 0.4) is 0 Å². The summed E-state index contributed by atoms with van der Waals surface area (Å²) in [6, 6.07) is 0. The highest BCUT2D eigenvalue weighted by atomic mass is 16.5. The van der Waals surface area contributed by atoms with Crippen molar-refractivity contribution in [3.8, 4) is 0 Å². The van der Waals surface area contributed by atoms with Crippen LogP contribution in [-0.2, 0) is 4.74 Å². The Hall–Kier alpha value is -0.340. The number of unbranched alkanes of at least 4 members (excludes halogenated alkanes) is 1. The van der Waals surface area contributed by atoms with Gasteiger partial charge in [0.1, 0.15) is 0 Å². The van der Waals surface area contributed by atoms with E-state index in [2.05, 4.69) is 25.2 Å². The third-order valence-electron chi connectivity index (χ3n) is 3.34. The minimum atomic E-state index is 0.766. The van der Waals surface area contributed by atoms with Crippen LogP contribution < -0.4 is 5.32 Å². The molecule has 0 spiro atoms. The predicted molar refractivity (Wildman–Crippen MR) is 69.7 cm³/mol. The zero-order valence-corrected chi connectivity index (χ0v) is 10.9. The maximum Gasteiger partial charge on any atom is 0.0677 e. The van der Waals surface area contributed by atoms with Crippen molar-refractivity contribution >= 4 is 0 Å². The van der Waals surface area contributed by atoms with Gasteiger partial charge in [-0.1, -0.05) is 39.2 Å². The second-order valence-corrected chi connectivity index (χ2v) is 4.75. The van der Waals surface area contributed by atoms with Gasteiger partial charge in [0.2, 0.25) is 0 Å². The van der Waals surface area contributed by atoms with Crippen molar-refractivity contribution in [2.24, 2.45) is 5.92 Å². The summed E-state index contributed by atoms with van der Waals surface area (Å²) in [7, 11) is 0. The van der Waals surface area contributed by atoms with E-state index in [9.17, 15) is 0 Å². The van der Waals surface area contributed by atoms with Crippen LogP contribution in [-0.4, -0.2) is 26.3 Å². The van der Waals surface area contributed by atoms with E-state index in [1.165, 1.54) is 31.3 Å². The van der Waals surface area contributed by atoms with Crippen LogP contribution in [0.15, 0.2) is 11.6 Å². The van der Waals surface area contributed by atoms with Gasteiger partial charge in [0.25, 0.3) is 0 Å².